The quantitative estimate of drug-likeness (QED) is 0.654. The molecule has 1 atom stereocenters. The summed E-state index contributed by atoms with van der Waals surface area (Å²) in [6.45, 7) is 6.62. The van der Waals surface area contributed by atoms with Crippen molar-refractivity contribution in [2.45, 2.75) is 13.0 Å². The van der Waals surface area contributed by atoms with Crippen molar-refractivity contribution in [3.05, 3.63) is 71.2 Å². The van der Waals surface area contributed by atoms with E-state index in [0.29, 0.717) is 13.2 Å². The van der Waals surface area contributed by atoms with Crippen molar-refractivity contribution in [1.29, 1.82) is 0 Å². The molecule has 29 heavy (non-hydrogen) atoms. The largest absolute Gasteiger partial charge is 0.491 e. The van der Waals surface area contributed by atoms with E-state index in [9.17, 15) is 5.11 Å². The summed E-state index contributed by atoms with van der Waals surface area (Å²) in [5.41, 5.74) is 2.27. The number of nitrogens with zero attached hydrogens (tertiary/aromatic N) is 2. The van der Waals surface area contributed by atoms with Crippen molar-refractivity contribution in [2.75, 3.05) is 44.2 Å². The van der Waals surface area contributed by atoms with E-state index in [-0.39, 0.29) is 0 Å². The summed E-state index contributed by atoms with van der Waals surface area (Å²) in [5, 5.41) is 13.6. The van der Waals surface area contributed by atoms with Gasteiger partial charge in [0, 0.05) is 43.4 Å². The van der Waals surface area contributed by atoms with Crippen molar-refractivity contribution >= 4 is 28.1 Å². The topological polar surface area (TPSA) is 35.9 Å². The van der Waals surface area contributed by atoms with Crippen LogP contribution >= 0.6 is 11.6 Å². The van der Waals surface area contributed by atoms with E-state index >= 15 is 0 Å². The van der Waals surface area contributed by atoms with E-state index in [1.165, 1.54) is 11.1 Å². The second kappa shape index (κ2) is 9.04. The molecule has 1 fully saturated rings. The number of aryl methyl sites for hydroxylation is 1. The molecule has 152 valence electrons. The van der Waals surface area contributed by atoms with E-state index in [0.717, 1.165) is 47.9 Å². The van der Waals surface area contributed by atoms with Gasteiger partial charge in [0.25, 0.3) is 0 Å². The normalized spacial score (nSPS) is 16.2. The van der Waals surface area contributed by atoms with E-state index in [1.807, 2.05) is 43.3 Å². The van der Waals surface area contributed by atoms with Gasteiger partial charge < -0.3 is 14.7 Å². The highest BCUT2D eigenvalue weighted by molar-refractivity contribution is 6.31. The number of benzene rings is 3. The lowest BCUT2D eigenvalue weighted by Gasteiger charge is -2.37. The first-order valence-corrected chi connectivity index (χ1v) is 10.5. The number of piperazine rings is 1. The Labute approximate surface area is 177 Å². The molecular weight excluding hydrogens is 384 g/mol. The first-order chi connectivity index (χ1) is 14.1. The van der Waals surface area contributed by atoms with Crippen LogP contribution in [-0.2, 0) is 0 Å². The van der Waals surface area contributed by atoms with Gasteiger partial charge in [-0.05, 0) is 47.5 Å². The van der Waals surface area contributed by atoms with Crippen LogP contribution in [-0.4, -0.2) is 55.4 Å². The number of rotatable bonds is 6. The predicted octanol–water partition coefficient (Wildman–Crippen LogP) is 4.36. The van der Waals surface area contributed by atoms with Crippen LogP contribution in [0.15, 0.2) is 60.7 Å². The summed E-state index contributed by atoms with van der Waals surface area (Å²) >= 11 is 6.26. The maximum atomic E-state index is 10.4. The zero-order valence-corrected chi connectivity index (χ0v) is 17.5. The van der Waals surface area contributed by atoms with Gasteiger partial charge >= 0.3 is 0 Å². The van der Waals surface area contributed by atoms with Crippen molar-refractivity contribution in [3.8, 4) is 5.75 Å². The number of β-amino-alcohol motifs (C(OH)–C–C–N with tert-alkyl or cyclic N) is 1. The van der Waals surface area contributed by atoms with Gasteiger partial charge in [-0.15, -0.1) is 0 Å². The number of hydrogen-bond acceptors (Lipinski definition) is 4. The zero-order chi connectivity index (χ0) is 20.2. The molecule has 0 aliphatic carbocycles. The lowest BCUT2D eigenvalue weighted by Crippen LogP contribution is -2.49. The van der Waals surface area contributed by atoms with Gasteiger partial charge in [-0.25, -0.2) is 0 Å². The van der Waals surface area contributed by atoms with Crippen LogP contribution in [0.3, 0.4) is 0 Å². The first kappa shape index (κ1) is 20.0. The summed E-state index contributed by atoms with van der Waals surface area (Å²) in [6.07, 6.45) is -0.512. The Bertz CT molecular complexity index is 970. The summed E-state index contributed by atoms with van der Waals surface area (Å²) in [5.74, 6) is 0.795. The second-order valence-corrected chi connectivity index (χ2v) is 8.10. The zero-order valence-electron chi connectivity index (χ0n) is 16.7. The SMILES string of the molecule is Cc1ccc(N2CCN(C[C@H](O)COc3ccc4ccccc4c3)CC2)cc1Cl. The van der Waals surface area contributed by atoms with Gasteiger partial charge in [-0.3, -0.25) is 4.90 Å². The number of aliphatic hydroxyl groups is 1. The third-order valence-electron chi connectivity index (χ3n) is 5.53. The number of ether oxygens (including phenoxy) is 1. The lowest BCUT2D eigenvalue weighted by atomic mass is 10.1. The molecule has 5 heteroatoms. The van der Waals surface area contributed by atoms with Crippen molar-refractivity contribution < 1.29 is 9.84 Å². The summed E-state index contributed by atoms with van der Waals surface area (Å²) in [4.78, 5) is 4.64. The number of aliphatic hydroxyl groups excluding tert-OH is 1. The van der Waals surface area contributed by atoms with Crippen LogP contribution in [0.1, 0.15) is 5.56 Å². The van der Waals surface area contributed by atoms with Crippen LogP contribution in [0, 0.1) is 6.92 Å². The molecule has 1 aliphatic rings. The minimum absolute atomic E-state index is 0.298. The Morgan fingerprint density at radius 2 is 1.72 bits per heavy atom. The van der Waals surface area contributed by atoms with Crippen molar-refractivity contribution in [3.63, 3.8) is 0 Å². The molecule has 0 saturated carbocycles. The Morgan fingerprint density at radius 1 is 0.966 bits per heavy atom. The van der Waals surface area contributed by atoms with E-state index in [1.54, 1.807) is 0 Å². The minimum Gasteiger partial charge on any atom is -0.491 e. The molecule has 0 amide bonds. The van der Waals surface area contributed by atoms with Gasteiger partial charge in [-0.1, -0.05) is 48.0 Å². The van der Waals surface area contributed by atoms with Crippen LogP contribution in [0.4, 0.5) is 5.69 Å². The molecule has 0 bridgehead atoms. The predicted molar refractivity (Wildman–Crippen MR) is 120 cm³/mol. The van der Waals surface area contributed by atoms with Crippen LogP contribution in [0.5, 0.6) is 5.75 Å². The third kappa shape index (κ3) is 5.02. The fourth-order valence-electron chi connectivity index (χ4n) is 3.77. The second-order valence-electron chi connectivity index (χ2n) is 7.69. The van der Waals surface area contributed by atoms with Gasteiger partial charge in [0.2, 0.25) is 0 Å². The molecule has 1 aliphatic heterocycles. The maximum absolute atomic E-state index is 10.4. The van der Waals surface area contributed by atoms with Crippen molar-refractivity contribution in [1.82, 2.24) is 4.90 Å². The maximum Gasteiger partial charge on any atom is 0.120 e. The molecule has 1 N–H and O–H groups in total. The number of hydrogen-bond donors (Lipinski definition) is 1. The molecule has 1 saturated heterocycles. The fraction of sp³-hybridized carbons (Fsp3) is 0.333. The monoisotopic (exact) mass is 410 g/mol. The van der Waals surface area contributed by atoms with Crippen LogP contribution < -0.4 is 9.64 Å². The van der Waals surface area contributed by atoms with E-state index < -0.39 is 6.10 Å². The standard InChI is InChI=1S/C24H27ClN2O2/c1-18-6-8-21(15-24(18)25)27-12-10-26(11-13-27)16-22(28)17-29-23-9-7-19-4-2-3-5-20(19)14-23/h2-9,14-15,22,28H,10-13,16-17H2,1H3/t22-/m0/s1. The summed E-state index contributed by atoms with van der Waals surface area (Å²) in [6, 6.07) is 20.5. The number of halogens is 1. The molecule has 0 spiro atoms. The summed E-state index contributed by atoms with van der Waals surface area (Å²) < 4.78 is 5.83. The average Bonchev–Trinajstić information content (AvgIpc) is 2.75. The first-order valence-electron chi connectivity index (χ1n) is 10.1. The average molecular weight is 411 g/mol. The Hall–Kier alpha value is -2.27. The van der Waals surface area contributed by atoms with Crippen LogP contribution in [0.25, 0.3) is 10.8 Å². The smallest absolute Gasteiger partial charge is 0.120 e. The van der Waals surface area contributed by atoms with Gasteiger partial charge in [-0.2, -0.15) is 0 Å². The Morgan fingerprint density at radius 3 is 2.48 bits per heavy atom. The highest BCUT2D eigenvalue weighted by Gasteiger charge is 2.20. The molecule has 4 rings (SSSR count). The molecule has 4 nitrogen and oxygen atoms in total. The molecule has 3 aromatic rings. The van der Waals surface area contributed by atoms with Gasteiger partial charge in [0.15, 0.2) is 0 Å². The minimum atomic E-state index is -0.512. The molecule has 1 heterocycles. The number of anilines is 1. The van der Waals surface area contributed by atoms with Crippen molar-refractivity contribution in [2.24, 2.45) is 0 Å². The molecule has 0 aromatic heterocycles. The van der Waals surface area contributed by atoms with Crippen LogP contribution in [0.2, 0.25) is 5.02 Å². The number of fused-ring (bicyclic) bond motifs is 1. The molecule has 3 aromatic carbocycles. The van der Waals surface area contributed by atoms with Gasteiger partial charge in [0.05, 0.1) is 0 Å². The molecule has 0 unspecified atom stereocenters. The third-order valence-corrected chi connectivity index (χ3v) is 5.93. The molecular formula is C24H27ClN2O2. The van der Waals surface area contributed by atoms with E-state index in [2.05, 4.69) is 34.1 Å². The lowest BCUT2D eigenvalue weighted by molar-refractivity contribution is 0.0663. The van der Waals surface area contributed by atoms with Gasteiger partial charge in [0.1, 0.15) is 18.5 Å². The Balaban J connectivity index is 1.25. The Kier molecular flexibility index (Phi) is 6.24. The fourth-order valence-corrected chi connectivity index (χ4v) is 3.94. The van der Waals surface area contributed by atoms with E-state index in [4.69, 9.17) is 16.3 Å². The highest BCUT2D eigenvalue weighted by atomic mass is 35.5. The molecule has 0 radical (unpaired) electrons. The highest BCUT2D eigenvalue weighted by Crippen LogP contribution is 2.24. The summed E-state index contributed by atoms with van der Waals surface area (Å²) in [7, 11) is 0.